The number of aromatic nitrogens is 1. The van der Waals surface area contributed by atoms with E-state index in [2.05, 4.69) is 19.9 Å². The lowest BCUT2D eigenvalue weighted by Crippen LogP contribution is -2.40. The van der Waals surface area contributed by atoms with E-state index in [1.54, 1.807) is 6.07 Å². The summed E-state index contributed by atoms with van der Waals surface area (Å²) in [5, 5.41) is 10.6. The second-order valence-electron chi connectivity index (χ2n) is 6.82. The molecular formula is C21H29NO4. The fraction of sp³-hybridized carbons (Fsp3) is 0.476. The fourth-order valence-electron chi connectivity index (χ4n) is 2.97. The van der Waals surface area contributed by atoms with Gasteiger partial charge >= 0.3 is 0 Å². The maximum atomic E-state index is 12.4. The van der Waals surface area contributed by atoms with Crippen molar-refractivity contribution in [2.24, 2.45) is 11.8 Å². The van der Waals surface area contributed by atoms with Crippen molar-refractivity contribution in [3.8, 4) is 5.75 Å². The van der Waals surface area contributed by atoms with Crippen molar-refractivity contribution in [1.29, 1.82) is 0 Å². The summed E-state index contributed by atoms with van der Waals surface area (Å²) < 4.78 is 7.11. The molecule has 1 aromatic heterocycles. The van der Waals surface area contributed by atoms with Crippen molar-refractivity contribution >= 4 is 0 Å². The Morgan fingerprint density at radius 2 is 2.15 bits per heavy atom. The first-order valence-corrected chi connectivity index (χ1v) is 9.07. The Morgan fingerprint density at radius 1 is 1.42 bits per heavy atom. The number of nitrogens with zero attached hydrogens (tertiary/aromatic N) is 1. The number of rotatable bonds is 6. The van der Waals surface area contributed by atoms with Gasteiger partial charge in [-0.25, -0.2) is 0 Å². The number of aliphatic hydroxyl groups excluding tert-OH is 1. The smallest absolute Gasteiger partial charge is 0.292 e. The Hall–Kier alpha value is -2.27. The standard InChI is InChI=1S/C21H29NO4/c1-6-14(2)10-8-7-9-11-15(3)20-16(4)19(23)18-17(26-20)12-13-22(25-5)21(18)24/h7-14,16,19-20,23H,6H2,1-5H3/b9-7+,10-8+,15-11+/t14-,16-,19+,20+/m1/s1. The number of hydrogen-bond acceptors (Lipinski definition) is 4. The summed E-state index contributed by atoms with van der Waals surface area (Å²) in [6.45, 7) is 8.19. The van der Waals surface area contributed by atoms with Crippen LogP contribution in [-0.4, -0.2) is 23.1 Å². The maximum absolute atomic E-state index is 12.4. The average molecular weight is 359 g/mol. The van der Waals surface area contributed by atoms with E-state index in [-0.39, 0.29) is 23.1 Å². The summed E-state index contributed by atoms with van der Waals surface area (Å²) in [6.07, 6.45) is 11.6. The van der Waals surface area contributed by atoms with E-state index in [0.29, 0.717) is 11.7 Å². The number of ether oxygens (including phenoxy) is 1. The first-order valence-electron chi connectivity index (χ1n) is 9.07. The molecule has 0 spiro atoms. The third-order valence-corrected chi connectivity index (χ3v) is 4.89. The second kappa shape index (κ2) is 8.90. The Morgan fingerprint density at radius 3 is 2.81 bits per heavy atom. The molecule has 0 saturated carbocycles. The number of allylic oxidation sites excluding steroid dienone is 5. The predicted octanol–water partition coefficient (Wildman–Crippen LogP) is 3.44. The van der Waals surface area contributed by atoms with E-state index in [4.69, 9.17) is 9.57 Å². The van der Waals surface area contributed by atoms with Crippen LogP contribution < -0.4 is 15.1 Å². The van der Waals surface area contributed by atoms with Gasteiger partial charge in [-0.1, -0.05) is 57.6 Å². The molecule has 1 aliphatic heterocycles. The fourth-order valence-corrected chi connectivity index (χ4v) is 2.97. The van der Waals surface area contributed by atoms with Crippen LogP contribution in [0, 0.1) is 11.8 Å². The van der Waals surface area contributed by atoms with Gasteiger partial charge in [0.1, 0.15) is 19.0 Å². The molecule has 0 bridgehead atoms. The number of aliphatic hydroxyl groups is 1. The molecule has 5 heteroatoms. The van der Waals surface area contributed by atoms with E-state index in [1.165, 1.54) is 13.3 Å². The lowest BCUT2D eigenvalue weighted by atomic mass is 9.86. The maximum Gasteiger partial charge on any atom is 0.292 e. The number of hydrogen-bond donors (Lipinski definition) is 1. The minimum Gasteiger partial charge on any atom is -0.485 e. The van der Waals surface area contributed by atoms with E-state index in [1.807, 2.05) is 38.2 Å². The highest BCUT2D eigenvalue weighted by Crippen LogP contribution is 2.38. The first-order chi connectivity index (χ1) is 12.4. The Labute approximate surface area is 155 Å². The molecule has 0 fully saturated rings. The summed E-state index contributed by atoms with van der Waals surface area (Å²) in [4.78, 5) is 17.3. The molecule has 0 aromatic carbocycles. The molecule has 1 aromatic rings. The molecule has 0 saturated heterocycles. The zero-order valence-electron chi connectivity index (χ0n) is 16.2. The van der Waals surface area contributed by atoms with Crippen LogP contribution in [0.2, 0.25) is 0 Å². The van der Waals surface area contributed by atoms with Crippen LogP contribution in [-0.2, 0) is 0 Å². The molecule has 0 unspecified atom stereocenters. The summed E-state index contributed by atoms with van der Waals surface area (Å²) in [5.74, 6) is 0.727. The Kier molecular flexibility index (Phi) is 6.86. The van der Waals surface area contributed by atoms with Gasteiger partial charge in [0.05, 0.1) is 17.9 Å². The quantitative estimate of drug-likeness (QED) is 0.791. The highest BCUT2D eigenvalue weighted by atomic mass is 16.6. The van der Waals surface area contributed by atoms with Gasteiger partial charge in [0, 0.05) is 12.0 Å². The number of fused-ring (bicyclic) bond motifs is 1. The van der Waals surface area contributed by atoms with Gasteiger partial charge in [-0.15, -0.1) is 0 Å². The summed E-state index contributed by atoms with van der Waals surface area (Å²) in [5.41, 5.74) is 0.851. The van der Waals surface area contributed by atoms with Crippen molar-refractivity contribution in [2.75, 3.05) is 7.11 Å². The summed E-state index contributed by atoms with van der Waals surface area (Å²) in [6, 6.07) is 1.65. The Bertz CT molecular complexity index is 760. The molecule has 0 amide bonds. The van der Waals surface area contributed by atoms with Crippen molar-refractivity contribution in [1.82, 2.24) is 4.73 Å². The largest absolute Gasteiger partial charge is 0.485 e. The van der Waals surface area contributed by atoms with Crippen LogP contribution in [0.1, 0.15) is 45.8 Å². The topological polar surface area (TPSA) is 60.7 Å². The molecular weight excluding hydrogens is 330 g/mol. The van der Waals surface area contributed by atoms with Crippen molar-refractivity contribution in [3.05, 3.63) is 64.1 Å². The van der Waals surface area contributed by atoms with Gasteiger partial charge in [0.2, 0.25) is 0 Å². The highest BCUT2D eigenvalue weighted by Gasteiger charge is 2.37. The zero-order chi connectivity index (χ0) is 19.3. The Balaban J connectivity index is 2.20. The molecule has 1 aliphatic rings. The molecule has 0 radical (unpaired) electrons. The van der Waals surface area contributed by atoms with Gasteiger partial charge in [-0.3, -0.25) is 4.79 Å². The molecule has 5 nitrogen and oxygen atoms in total. The zero-order valence-corrected chi connectivity index (χ0v) is 16.2. The molecule has 142 valence electrons. The van der Waals surface area contributed by atoms with Crippen molar-refractivity contribution in [2.45, 2.75) is 46.3 Å². The summed E-state index contributed by atoms with van der Waals surface area (Å²) in [7, 11) is 1.41. The van der Waals surface area contributed by atoms with Crippen molar-refractivity contribution < 1.29 is 14.7 Å². The molecule has 2 rings (SSSR count). The SMILES string of the molecule is CC[C@@H](C)/C=C/C=C/C=C(\C)[C@@H]1Oc2ccn(OC)c(=O)c2[C@@H](O)[C@H]1C. The van der Waals surface area contributed by atoms with Crippen LogP contribution in [0.15, 0.2) is 53.0 Å². The third-order valence-electron chi connectivity index (χ3n) is 4.89. The highest BCUT2D eigenvalue weighted by molar-refractivity contribution is 5.37. The van der Waals surface area contributed by atoms with E-state index in [9.17, 15) is 9.90 Å². The van der Waals surface area contributed by atoms with Crippen molar-refractivity contribution in [3.63, 3.8) is 0 Å². The van der Waals surface area contributed by atoms with Crippen LogP contribution in [0.4, 0.5) is 0 Å². The van der Waals surface area contributed by atoms with Gasteiger partial charge in [-0.05, 0) is 18.4 Å². The third kappa shape index (κ3) is 4.28. The van der Waals surface area contributed by atoms with E-state index < -0.39 is 6.10 Å². The van der Waals surface area contributed by atoms with Crippen LogP contribution in [0.5, 0.6) is 5.75 Å². The van der Waals surface area contributed by atoms with E-state index in [0.717, 1.165) is 16.7 Å². The van der Waals surface area contributed by atoms with Gasteiger partial charge in [0.25, 0.3) is 5.56 Å². The normalized spacial score (nSPS) is 24.5. The lowest BCUT2D eigenvalue weighted by molar-refractivity contribution is 0.0203. The molecule has 4 atom stereocenters. The minimum absolute atomic E-state index is 0.247. The second-order valence-corrected chi connectivity index (χ2v) is 6.82. The van der Waals surface area contributed by atoms with Gasteiger partial charge < -0.3 is 14.7 Å². The lowest BCUT2D eigenvalue weighted by Gasteiger charge is -2.35. The number of pyridine rings is 1. The average Bonchev–Trinajstić information content (AvgIpc) is 2.63. The van der Waals surface area contributed by atoms with Crippen LogP contribution in [0.3, 0.4) is 0 Å². The minimum atomic E-state index is -0.906. The predicted molar refractivity (Wildman–Crippen MR) is 103 cm³/mol. The molecule has 1 N–H and O–H groups in total. The monoisotopic (exact) mass is 359 g/mol. The molecule has 2 heterocycles. The molecule has 26 heavy (non-hydrogen) atoms. The van der Waals surface area contributed by atoms with Gasteiger partial charge in [-0.2, -0.15) is 4.73 Å². The first kappa shape index (κ1) is 20.0. The van der Waals surface area contributed by atoms with Gasteiger partial charge in [0.15, 0.2) is 0 Å². The summed E-state index contributed by atoms with van der Waals surface area (Å²) >= 11 is 0. The molecule has 0 aliphatic carbocycles. The van der Waals surface area contributed by atoms with Crippen LogP contribution in [0.25, 0.3) is 0 Å². The van der Waals surface area contributed by atoms with Crippen LogP contribution >= 0.6 is 0 Å². The van der Waals surface area contributed by atoms with E-state index >= 15 is 0 Å².